The number of hydrogen-bond acceptors (Lipinski definition) is 7. The molecule has 0 aliphatic carbocycles. The number of sulfone groups is 1. The molecule has 0 N–H and O–H groups in total. The normalized spacial score (nSPS) is 24.4. The van der Waals surface area contributed by atoms with Gasteiger partial charge in [0.15, 0.2) is 0 Å². The summed E-state index contributed by atoms with van der Waals surface area (Å²) in [6, 6.07) is 0. The maximum absolute atomic E-state index is 12.7. The van der Waals surface area contributed by atoms with Gasteiger partial charge in [0.05, 0.1) is 17.0 Å². The highest BCUT2D eigenvalue weighted by molar-refractivity contribution is 7.91. The molecule has 2 aliphatic rings. The molecule has 28 heavy (non-hydrogen) atoms. The minimum atomic E-state index is -3.64. The number of rotatable bonds is 4. The van der Waals surface area contributed by atoms with Gasteiger partial charge < -0.3 is 14.2 Å². The topological polar surface area (TPSA) is 98.7 Å². The van der Waals surface area contributed by atoms with Crippen molar-refractivity contribution in [3.8, 4) is 0 Å². The summed E-state index contributed by atoms with van der Waals surface area (Å²) < 4.78 is 37.3. The van der Waals surface area contributed by atoms with Crippen LogP contribution in [0.15, 0.2) is 17.6 Å². The van der Waals surface area contributed by atoms with Crippen LogP contribution in [0.4, 0.5) is 0 Å². The molecule has 8 nitrogen and oxygen atoms in total. The SMILES string of the molecule is CC(=O)N1CCC[C@@H](CS(=O)(=O)c2ncc(B3OC(C)(C)C(C)(C)O3)cn2)C1. The first-order chi connectivity index (χ1) is 12.9. The Morgan fingerprint density at radius 1 is 1.21 bits per heavy atom. The van der Waals surface area contributed by atoms with Crippen molar-refractivity contribution >= 4 is 28.3 Å². The van der Waals surface area contributed by atoms with Gasteiger partial charge in [-0.25, -0.2) is 18.4 Å². The summed E-state index contributed by atoms with van der Waals surface area (Å²) in [5.41, 5.74) is -0.407. The van der Waals surface area contributed by atoms with E-state index in [0.717, 1.165) is 12.8 Å². The van der Waals surface area contributed by atoms with Crippen LogP contribution in [0.2, 0.25) is 0 Å². The number of carbonyl (C=O) groups is 1. The van der Waals surface area contributed by atoms with Gasteiger partial charge in [0.2, 0.25) is 20.9 Å². The van der Waals surface area contributed by atoms with E-state index in [-0.39, 0.29) is 22.7 Å². The minimum absolute atomic E-state index is 0.0230. The Balaban J connectivity index is 1.70. The lowest BCUT2D eigenvalue weighted by Crippen LogP contribution is -2.41. The quantitative estimate of drug-likeness (QED) is 0.536. The van der Waals surface area contributed by atoms with Gasteiger partial charge in [-0.15, -0.1) is 0 Å². The fraction of sp³-hybridized carbons (Fsp3) is 0.722. The van der Waals surface area contributed by atoms with Crippen molar-refractivity contribution in [2.75, 3.05) is 18.8 Å². The highest BCUT2D eigenvalue weighted by Gasteiger charge is 2.52. The molecule has 0 saturated carbocycles. The third-order valence-corrected chi connectivity index (χ3v) is 7.55. The Morgan fingerprint density at radius 2 is 1.79 bits per heavy atom. The first-order valence-corrected chi connectivity index (χ1v) is 11.2. The summed E-state index contributed by atoms with van der Waals surface area (Å²) in [4.78, 5) is 21.4. The Labute approximate surface area is 167 Å². The van der Waals surface area contributed by atoms with E-state index in [9.17, 15) is 13.2 Å². The summed E-state index contributed by atoms with van der Waals surface area (Å²) in [5.74, 6) is -0.189. The minimum Gasteiger partial charge on any atom is -0.399 e. The van der Waals surface area contributed by atoms with Crippen molar-refractivity contribution in [3.63, 3.8) is 0 Å². The van der Waals surface area contributed by atoms with Gasteiger partial charge in [-0.05, 0) is 46.5 Å². The molecule has 1 aromatic rings. The molecule has 1 atom stereocenters. The average molecular weight is 409 g/mol. The van der Waals surface area contributed by atoms with Gasteiger partial charge in [0, 0.05) is 37.9 Å². The van der Waals surface area contributed by atoms with E-state index in [1.54, 1.807) is 4.90 Å². The maximum atomic E-state index is 12.7. The monoisotopic (exact) mass is 409 g/mol. The Morgan fingerprint density at radius 3 is 2.32 bits per heavy atom. The van der Waals surface area contributed by atoms with E-state index in [0.29, 0.717) is 18.6 Å². The van der Waals surface area contributed by atoms with Crippen LogP contribution in [0, 0.1) is 5.92 Å². The molecule has 2 fully saturated rings. The summed E-state index contributed by atoms with van der Waals surface area (Å²) in [6.45, 7) is 10.4. The van der Waals surface area contributed by atoms with E-state index in [4.69, 9.17) is 9.31 Å². The molecular formula is C18H28BN3O5S. The zero-order valence-electron chi connectivity index (χ0n) is 17.1. The second-order valence-corrected chi connectivity index (χ2v) is 10.6. The molecule has 3 heterocycles. The van der Waals surface area contributed by atoms with Crippen molar-refractivity contribution in [2.45, 2.75) is 63.8 Å². The third-order valence-electron chi connectivity index (χ3n) is 5.87. The second kappa shape index (κ2) is 7.38. The van der Waals surface area contributed by atoms with Gasteiger partial charge in [-0.2, -0.15) is 0 Å². The lowest BCUT2D eigenvalue weighted by molar-refractivity contribution is -0.130. The second-order valence-electron chi connectivity index (χ2n) is 8.64. The number of likely N-dealkylation sites (tertiary alicyclic amines) is 1. The number of amides is 1. The standard InChI is InChI=1S/C18H28BN3O5S/c1-13(23)22-8-6-7-14(11-22)12-28(24,25)16-20-9-15(10-21-16)19-26-17(2,3)18(4,5)27-19/h9-10,14H,6-8,11-12H2,1-5H3/t14-/m1/s1. The van der Waals surface area contributed by atoms with Crippen LogP contribution in [0.5, 0.6) is 0 Å². The van der Waals surface area contributed by atoms with Crippen LogP contribution >= 0.6 is 0 Å². The highest BCUT2D eigenvalue weighted by atomic mass is 32.2. The Bertz CT molecular complexity index is 825. The van der Waals surface area contributed by atoms with Crippen LogP contribution < -0.4 is 5.46 Å². The van der Waals surface area contributed by atoms with E-state index < -0.39 is 28.2 Å². The Kier molecular flexibility index (Phi) is 5.59. The van der Waals surface area contributed by atoms with Crippen molar-refractivity contribution in [1.82, 2.24) is 14.9 Å². The van der Waals surface area contributed by atoms with Crippen LogP contribution in [0.25, 0.3) is 0 Å². The lowest BCUT2D eigenvalue weighted by atomic mass is 9.81. The van der Waals surface area contributed by atoms with Gasteiger partial charge in [0.1, 0.15) is 0 Å². The zero-order chi connectivity index (χ0) is 20.7. The summed E-state index contributed by atoms with van der Waals surface area (Å²) in [6.07, 6.45) is 4.48. The van der Waals surface area contributed by atoms with Crippen molar-refractivity contribution in [2.24, 2.45) is 5.92 Å². The van der Waals surface area contributed by atoms with Crippen LogP contribution in [-0.2, 0) is 23.9 Å². The molecule has 3 rings (SSSR count). The maximum Gasteiger partial charge on any atom is 0.498 e. The fourth-order valence-corrected chi connectivity index (χ4v) is 4.93. The van der Waals surface area contributed by atoms with Crippen LogP contribution in [0.1, 0.15) is 47.5 Å². The first kappa shape index (κ1) is 21.2. The molecule has 1 amide bonds. The van der Waals surface area contributed by atoms with Crippen LogP contribution in [-0.4, -0.2) is 66.4 Å². The molecule has 2 saturated heterocycles. The number of piperidine rings is 1. The fourth-order valence-electron chi connectivity index (χ4n) is 3.46. The first-order valence-electron chi connectivity index (χ1n) is 9.57. The summed E-state index contributed by atoms with van der Waals surface area (Å²) >= 11 is 0. The molecule has 2 aliphatic heterocycles. The molecule has 10 heteroatoms. The summed E-state index contributed by atoms with van der Waals surface area (Å²) in [5, 5.41) is -0.201. The molecule has 0 spiro atoms. The largest absolute Gasteiger partial charge is 0.498 e. The van der Waals surface area contributed by atoms with E-state index in [1.807, 2.05) is 27.7 Å². The predicted octanol–water partition coefficient (Wildman–Crippen LogP) is 0.808. The highest BCUT2D eigenvalue weighted by Crippen LogP contribution is 2.36. The molecule has 0 bridgehead atoms. The van der Waals surface area contributed by atoms with Gasteiger partial charge in [0.25, 0.3) is 0 Å². The number of aromatic nitrogens is 2. The van der Waals surface area contributed by atoms with Gasteiger partial charge in [-0.1, -0.05) is 0 Å². The van der Waals surface area contributed by atoms with E-state index >= 15 is 0 Å². The molecular weight excluding hydrogens is 381 g/mol. The van der Waals surface area contributed by atoms with Crippen molar-refractivity contribution < 1.29 is 22.5 Å². The molecule has 1 aromatic heterocycles. The van der Waals surface area contributed by atoms with Gasteiger partial charge in [-0.3, -0.25) is 4.79 Å². The molecule has 0 unspecified atom stereocenters. The molecule has 0 radical (unpaired) electrons. The molecule has 154 valence electrons. The van der Waals surface area contributed by atoms with E-state index in [2.05, 4.69) is 9.97 Å². The number of carbonyl (C=O) groups excluding carboxylic acids is 1. The van der Waals surface area contributed by atoms with Crippen molar-refractivity contribution in [1.29, 1.82) is 0 Å². The average Bonchev–Trinajstić information content (AvgIpc) is 2.82. The summed E-state index contributed by atoms with van der Waals surface area (Å²) in [7, 11) is -4.27. The lowest BCUT2D eigenvalue weighted by Gasteiger charge is -2.32. The predicted molar refractivity (Wildman–Crippen MR) is 105 cm³/mol. The number of nitrogens with zero attached hydrogens (tertiary/aromatic N) is 3. The zero-order valence-corrected chi connectivity index (χ0v) is 18.0. The van der Waals surface area contributed by atoms with Crippen LogP contribution in [0.3, 0.4) is 0 Å². The number of hydrogen-bond donors (Lipinski definition) is 0. The smallest absolute Gasteiger partial charge is 0.399 e. The molecule has 0 aromatic carbocycles. The Hall–Kier alpha value is -1.52. The van der Waals surface area contributed by atoms with Crippen molar-refractivity contribution in [3.05, 3.63) is 12.4 Å². The van der Waals surface area contributed by atoms with Gasteiger partial charge >= 0.3 is 7.12 Å². The third kappa shape index (κ3) is 4.23. The van der Waals surface area contributed by atoms with E-state index in [1.165, 1.54) is 19.3 Å².